The van der Waals surface area contributed by atoms with Gasteiger partial charge < -0.3 is 14.6 Å². The molecule has 2 aliphatic rings. The van der Waals surface area contributed by atoms with E-state index in [1.807, 2.05) is 51.2 Å². The number of carbonyl (C=O) groups is 1. The number of hydrogen-bond acceptors (Lipinski definition) is 7. The molecular formula is C31H39N7O3. The number of carbonyl (C=O) groups excluding carboxylic acids is 1. The molecule has 1 aliphatic heterocycles. The first-order valence-corrected chi connectivity index (χ1v) is 14.6. The van der Waals surface area contributed by atoms with Gasteiger partial charge in [-0.2, -0.15) is 0 Å². The van der Waals surface area contributed by atoms with Crippen LogP contribution in [0, 0.1) is 0 Å². The molecule has 1 aromatic carbocycles. The van der Waals surface area contributed by atoms with Gasteiger partial charge in [-0.05, 0) is 69.3 Å². The molecule has 6 rings (SSSR count). The fraction of sp³-hybridized carbons (Fsp3) is 0.484. The molecule has 1 saturated heterocycles. The van der Waals surface area contributed by atoms with Gasteiger partial charge in [-0.3, -0.25) is 14.6 Å². The molecule has 0 radical (unpaired) electrons. The van der Waals surface area contributed by atoms with E-state index in [1.54, 1.807) is 6.07 Å². The third kappa shape index (κ3) is 5.53. The van der Waals surface area contributed by atoms with Crippen LogP contribution in [0.15, 0.2) is 53.2 Å². The van der Waals surface area contributed by atoms with Gasteiger partial charge in [-0.15, -0.1) is 10.2 Å². The minimum Gasteiger partial charge on any atom is -0.484 e. The average molecular weight is 558 g/mol. The predicted molar refractivity (Wildman–Crippen MR) is 156 cm³/mol. The summed E-state index contributed by atoms with van der Waals surface area (Å²) >= 11 is 0. The first-order chi connectivity index (χ1) is 19.7. The van der Waals surface area contributed by atoms with Crippen molar-refractivity contribution in [1.29, 1.82) is 0 Å². The lowest BCUT2D eigenvalue weighted by Gasteiger charge is -2.32. The molecule has 0 unspecified atom stereocenters. The van der Waals surface area contributed by atoms with Gasteiger partial charge in [-0.25, -0.2) is 4.79 Å². The van der Waals surface area contributed by atoms with Gasteiger partial charge in [-0.1, -0.05) is 50.2 Å². The first-order valence-electron chi connectivity index (χ1n) is 14.6. The fourth-order valence-corrected chi connectivity index (χ4v) is 6.06. The van der Waals surface area contributed by atoms with Gasteiger partial charge in [0.1, 0.15) is 17.6 Å². The van der Waals surface area contributed by atoms with Gasteiger partial charge in [0.25, 0.3) is 0 Å². The van der Waals surface area contributed by atoms with E-state index in [2.05, 4.69) is 61.3 Å². The third-order valence-electron chi connectivity index (χ3n) is 8.17. The summed E-state index contributed by atoms with van der Waals surface area (Å²) in [6, 6.07) is 14.1. The van der Waals surface area contributed by atoms with Crippen LogP contribution < -0.4 is 15.4 Å². The molecule has 3 atom stereocenters. The molecule has 3 aromatic heterocycles. The van der Waals surface area contributed by atoms with Crippen LogP contribution in [0.5, 0.6) is 5.75 Å². The fourth-order valence-electron chi connectivity index (χ4n) is 6.06. The van der Waals surface area contributed by atoms with E-state index < -0.39 is 0 Å². The minimum absolute atomic E-state index is 0.131. The van der Waals surface area contributed by atoms with Crippen molar-refractivity contribution in [3.63, 3.8) is 0 Å². The largest absolute Gasteiger partial charge is 0.484 e. The maximum Gasteiger partial charge on any atom is 0.320 e. The SMILES string of the molecule is CC(C)N1CCC[C@H]1c1nnc2ccc(O[C@@H]3CC[C@H](NC(=O)Nc4cc(C(C)(C)C)on4)c4ccccc43)cn12. The van der Waals surface area contributed by atoms with Gasteiger partial charge in [0, 0.05) is 17.5 Å². The summed E-state index contributed by atoms with van der Waals surface area (Å²) in [4.78, 5) is 15.4. The zero-order valence-corrected chi connectivity index (χ0v) is 24.4. The summed E-state index contributed by atoms with van der Waals surface area (Å²) in [6.45, 7) is 11.7. The molecule has 2 amide bonds. The van der Waals surface area contributed by atoms with E-state index in [9.17, 15) is 4.79 Å². The Hall–Kier alpha value is -3.92. The van der Waals surface area contributed by atoms with E-state index in [4.69, 9.17) is 9.26 Å². The van der Waals surface area contributed by atoms with E-state index in [1.165, 1.54) is 0 Å². The number of pyridine rings is 1. The number of anilines is 1. The molecule has 0 spiro atoms. The van der Waals surface area contributed by atoms with Gasteiger partial charge in [0.15, 0.2) is 17.3 Å². The highest BCUT2D eigenvalue weighted by atomic mass is 16.5. The highest BCUT2D eigenvalue weighted by molar-refractivity contribution is 5.88. The van der Waals surface area contributed by atoms with Crippen molar-refractivity contribution in [2.45, 2.75) is 89.9 Å². The van der Waals surface area contributed by atoms with Crippen molar-refractivity contribution >= 4 is 17.5 Å². The van der Waals surface area contributed by atoms with Crippen LogP contribution in [0.25, 0.3) is 5.65 Å². The number of hydrogen-bond donors (Lipinski definition) is 2. The highest BCUT2D eigenvalue weighted by Crippen LogP contribution is 2.39. The van der Waals surface area contributed by atoms with E-state index in [0.29, 0.717) is 17.6 Å². The summed E-state index contributed by atoms with van der Waals surface area (Å²) in [5.74, 6) is 2.86. The van der Waals surface area contributed by atoms with Gasteiger partial charge in [0.2, 0.25) is 0 Å². The van der Waals surface area contributed by atoms with Crippen LogP contribution >= 0.6 is 0 Å². The normalized spacial score (nSPS) is 21.3. The molecule has 10 heteroatoms. The van der Waals surface area contributed by atoms with E-state index in [-0.39, 0.29) is 29.6 Å². The van der Waals surface area contributed by atoms with Crippen LogP contribution in [0.2, 0.25) is 0 Å². The Labute approximate surface area is 240 Å². The number of ether oxygens (including phenoxy) is 1. The van der Waals surface area contributed by atoms with Crippen LogP contribution in [-0.2, 0) is 5.41 Å². The molecule has 0 saturated carbocycles. The molecule has 1 aliphatic carbocycles. The Kier molecular flexibility index (Phi) is 7.19. The Morgan fingerprint density at radius 3 is 2.63 bits per heavy atom. The third-order valence-corrected chi connectivity index (χ3v) is 8.17. The van der Waals surface area contributed by atoms with Crippen LogP contribution in [0.1, 0.15) is 101 Å². The number of amides is 2. The maximum atomic E-state index is 12.9. The van der Waals surface area contributed by atoms with Gasteiger partial charge in [0.05, 0.1) is 18.3 Å². The summed E-state index contributed by atoms with van der Waals surface area (Å²) < 4.78 is 14.1. The van der Waals surface area contributed by atoms with E-state index >= 15 is 0 Å². The highest BCUT2D eigenvalue weighted by Gasteiger charge is 2.32. The second-order valence-corrected chi connectivity index (χ2v) is 12.4. The summed E-state index contributed by atoms with van der Waals surface area (Å²) in [5.41, 5.74) is 2.76. The molecule has 1 fully saturated rings. The Morgan fingerprint density at radius 1 is 1.07 bits per heavy atom. The molecular weight excluding hydrogens is 518 g/mol. The Balaban J connectivity index is 1.17. The summed E-state index contributed by atoms with van der Waals surface area (Å²) in [6.07, 6.45) is 5.63. The monoisotopic (exact) mass is 557 g/mol. The van der Waals surface area contributed by atoms with Crippen molar-refractivity contribution in [3.8, 4) is 5.75 Å². The van der Waals surface area contributed by atoms with Crippen molar-refractivity contribution < 1.29 is 14.1 Å². The number of nitrogens with zero attached hydrogens (tertiary/aromatic N) is 5. The van der Waals surface area contributed by atoms with Crippen LogP contribution in [0.4, 0.5) is 10.6 Å². The van der Waals surface area contributed by atoms with E-state index in [0.717, 1.165) is 60.6 Å². The van der Waals surface area contributed by atoms with Crippen molar-refractivity contribution in [2.24, 2.45) is 0 Å². The second-order valence-electron chi connectivity index (χ2n) is 12.4. The number of fused-ring (bicyclic) bond motifs is 2. The standard InChI is InChI=1S/C31H39N7O3/c1-19(2)37-16-8-11-24(37)29-35-34-28-15-12-20(18-38(28)29)40-25-14-13-23(21-9-6-7-10-22(21)25)32-30(39)33-27-17-26(41-36-27)31(3,4)5/h6-7,9-10,12,15,17-19,23-25H,8,11,13-14,16H2,1-5H3,(H2,32,33,36,39)/t23-,24-,25+/m0/s1. The van der Waals surface area contributed by atoms with Crippen molar-refractivity contribution in [1.82, 2.24) is 30.0 Å². The number of nitrogens with one attached hydrogen (secondary N) is 2. The predicted octanol–water partition coefficient (Wildman–Crippen LogP) is 6.34. The van der Waals surface area contributed by atoms with Crippen molar-refractivity contribution in [3.05, 3.63) is 71.4 Å². The lowest BCUT2D eigenvalue weighted by atomic mass is 9.85. The lowest BCUT2D eigenvalue weighted by molar-refractivity contribution is 0.171. The van der Waals surface area contributed by atoms with Gasteiger partial charge >= 0.3 is 6.03 Å². The topological polar surface area (TPSA) is 110 Å². The number of aromatic nitrogens is 4. The molecule has 41 heavy (non-hydrogen) atoms. The zero-order chi connectivity index (χ0) is 28.7. The number of likely N-dealkylation sites (tertiary alicyclic amines) is 1. The number of urea groups is 1. The quantitative estimate of drug-likeness (QED) is 0.285. The zero-order valence-electron chi connectivity index (χ0n) is 24.4. The molecule has 216 valence electrons. The minimum atomic E-state index is -0.314. The van der Waals surface area contributed by atoms with Crippen molar-refractivity contribution in [2.75, 3.05) is 11.9 Å². The summed E-state index contributed by atoms with van der Waals surface area (Å²) in [7, 11) is 0. The number of rotatable bonds is 6. The Bertz CT molecular complexity index is 1540. The molecule has 0 bridgehead atoms. The average Bonchev–Trinajstić information content (AvgIpc) is 3.69. The van der Waals surface area contributed by atoms with Crippen LogP contribution in [-0.4, -0.2) is 43.3 Å². The first kappa shape index (κ1) is 27.3. The Morgan fingerprint density at radius 2 is 1.88 bits per heavy atom. The number of benzene rings is 1. The molecule has 10 nitrogen and oxygen atoms in total. The summed E-state index contributed by atoms with van der Waals surface area (Å²) in [5, 5.41) is 18.9. The maximum absolute atomic E-state index is 12.9. The lowest BCUT2D eigenvalue weighted by Crippen LogP contribution is -2.35. The molecule has 4 heterocycles. The molecule has 4 aromatic rings. The smallest absolute Gasteiger partial charge is 0.320 e. The molecule has 2 N–H and O–H groups in total. The van der Waals surface area contributed by atoms with Crippen LogP contribution in [0.3, 0.4) is 0 Å². The second kappa shape index (κ2) is 10.8.